The highest BCUT2D eigenvalue weighted by molar-refractivity contribution is 5.56. The number of piperidine rings is 2. The molecular formula is C16H24FN3O. The summed E-state index contributed by atoms with van der Waals surface area (Å²) in [5.41, 5.74) is 0.468. The number of allylic oxidation sites excluding steroid dienone is 1. The van der Waals surface area contributed by atoms with E-state index in [1.165, 1.54) is 12.6 Å². The van der Waals surface area contributed by atoms with Crippen LogP contribution in [0.25, 0.3) is 5.76 Å². The summed E-state index contributed by atoms with van der Waals surface area (Å²) in [5, 5.41) is 7.55. The maximum Gasteiger partial charge on any atom is 0.172 e. The topological polar surface area (TPSA) is 39.1 Å². The van der Waals surface area contributed by atoms with Gasteiger partial charge in [0.25, 0.3) is 0 Å². The second kappa shape index (κ2) is 5.79. The molecule has 2 bridgehead atoms. The third-order valence-electron chi connectivity index (χ3n) is 4.80. The molecule has 2 aliphatic rings. The van der Waals surface area contributed by atoms with Gasteiger partial charge in [0.1, 0.15) is 11.5 Å². The van der Waals surface area contributed by atoms with Gasteiger partial charge in [-0.05, 0) is 58.2 Å². The maximum absolute atomic E-state index is 14.0. The number of nitrogens with zero attached hydrogens (tertiary/aromatic N) is 2. The van der Waals surface area contributed by atoms with Crippen molar-refractivity contribution in [2.75, 3.05) is 19.7 Å². The van der Waals surface area contributed by atoms with E-state index < -0.39 is 0 Å². The molecule has 2 heterocycles. The molecular weight excluding hydrogens is 269 g/mol. The van der Waals surface area contributed by atoms with Crippen LogP contribution in [0.2, 0.25) is 0 Å². The van der Waals surface area contributed by atoms with Crippen LogP contribution in [0.1, 0.15) is 38.9 Å². The Bertz CT molecular complexity index is 524. The summed E-state index contributed by atoms with van der Waals surface area (Å²) >= 11 is 0. The van der Waals surface area contributed by atoms with Crippen molar-refractivity contribution in [2.24, 2.45) is 17.8 Å². The summed E-state index contributed by atoms with van der Waals surface area (Å²) in [5.74, 6) is 2.35. The lowest BCUT2D eigenvalue weighted by molar-refractivity contribution is -0.0100. The molecule has 5 heteroatoms. The number of aromatic nitrogens is 2. The first-order chi connectivity index (χ1) is 10.1. The molecule has 1 aromatic heterocycles. The zero-order valence-electron chi connectivity index (χ0n) is 13.0. The van der Waals surface area contributed by atoms with E-state index in [0.29, 0.717) is 24.0 Å². The Hall–Kier alpha value is -1.36. The smallest absolute Gasteiger partial charge is 0.172 e. The van der Waals surface area contributed by atoms with Gasteiger partial charge in [-0.25, -0.2) is 4.39 Å². The molecule has 0 spiro atoms. The largest absolute Gasteiger partial charge is 0.491 e. The molecule has 0 unspecified atom stereocenters. The van der Waals surface area contributed by atoms with Crippen molar-refractivity contribution in [3.05, 3.63) is 23.8 Å². The van der Waals surface area contributed by atoms with Crippen molar-refractivity contribution in [1.82, 2.24) is 15.1 Å². The summed E-state index contributed by atoms with van der Waals surface area (Å²) < 4.78 is 21.7. The van der Waals surface area contributed by atoms with E-state index in [-0.39, 0.29) is 11.9 Å². The van der Waals surface area contributed by atoms with Crippen LogP contribution in [0.5, 0.6) is 0 Å². The fourth-order valence-corrected chi connectivity index (χ4v) is 3.56. The highest BCUT2D eigenvalue weighted by atomic mass is 19.1. The van der Waals surface area contributed by atoms with Crippen molar-refractivity contribution in [1.29, 1.82) is 0 Å². The number of nitrogens with one attached hydrogen (secondary N) is 1. The Morgan fingerprint density at radius 1 is 1.52 bits per heavy atom. The quantitative estimate of drug-likeness (QED) is 0.849. The second-order valence-corrected chi connectivity index (χ2v) is 6.42. The molecule has 2 fully saturated rings. The molecule has 21 heavy (non-hydrogen) atoms. The van der Waals surface area contributed by atoms with Crippen LogP contribution in [0.4, 0.5) is 4.39 Å². The molecule has 1 saturated carbocycles. The molecule has 4 nitrogen and oxygen atoms in total. The number of ether oxygens (including phenoxy) is 1. The molecule has 3 rings (SSSR count). The predicted octanol–water partition coefficient (Wildman–Crippen LogP) is 2.84. The number of hydrogen-bond acceptors (Lipinski definition) is 3. The van der Waals surface area contributed by atoms with Gasteiger partial charge in [-0.1, -0.05) is 0 Å². The second-order valence-electron chi connectivity index (χ2n) is 6.42. The summed E-state index contributed by atoms with van der Waals surface area (Å²) in [6.07, 6.45) is 4.42. The average molecular weight is 293 g/mol. The SMILES string of the molecule is C/C=C(/OC[C@@H]1[C@@H]2CNC[C@H]1C2)c1c(F)cnn1C(C)C. The van der Waals surface area contributed by atoms with Crippen molar-refractivity contribution >= 4 is 5.76 Å². The first-order valence-corrected chi connectivity index (χ1v) is 7.85. The Labute approximate surface area is 125 Å². The van der Waals surface area contributed by atoms with E-state index in [4.69, 9.17) is 4.74 Å². The molecule has 0 radical (unpaired) electrons. The first-order valence-electron chi connectivity index (χ1n) is 7.85. The maximum atomic E-state index is 14.0. The van der Waals surface area contributed by atoms with Gasteiger partial charge in [-0.2, -0.15) is 5.10 Å². The highest BCUT2D eigenvalue weighted by Gasteiger charge is 2.44. The van der Waals surface area contributed by atoms with Crippen molar-refractivity contribution < 1.29 is 9.13 Å². The fourth-order valence-electron chi connectivity index (χ4n) is 3.56. The fraction of sp³-hybridized carbons (Fsp3) is 0.688. The van der Waals surface area contributed by atoms with Gasteiger partial charge in [-0.3, -0.25) is 4.68 Å². The van der Waals surface area contributed by atoms with E-state index in [2.05, 4.69) is 10.4 Å². The minimum Gasteiger partial charge on any atom is -0.491 e. The number of rotatable bonds is 5. The lowest BCUT2D eigenvalue weighted by Crippen LogP contribution is -2.54. The molecule has 0 amide bonds. The zero-order chi connectivity index (χ0) is 15.0. The standard InChI is InChI=1S/C16H24FN3O/c1-4-15(16-14(17)8-19-20(16)10(2)3)21-9-13-11-5-12(13)7-18-6-11/h4,8,10-13,18H,5-7,9H2,1-3H3/b15-4+/t11-,12+,13+. The predicted molar refractivity (Wildman–Crippen MR) is 80.1 cm³/mol. The highest BCUT2D eigenvalue weighted by Crippen LogP contribution is 2.43. The molecule has 1 aliphatic carbocycles. The molecule has 1 saturated heterocycles. The van der Waals surface area contributed by atoms with Gasteiger partial charge in [0.15, 0.2) is 5.82 Å². The lowest BCUT2D eigenvalue weighted by Gasteiger charge is -2.49. The Morgan fingerprint density at radius 3 is 2.81 bits per heavy atom. The van der Waals surface area contributed by atoms with Crippen molar-refractivity contribution in [3.63, 3.8) is 0 Å². The van der Waals surface area contributed by atoms with E-state index in [1.807, 2.05) is 26.8 Å². The summed E-state index contributed by atoms with van der Waals surface area (Å²) in [6.45, 7) is 8.73. The third kappa shape index (κ3) is 2.59. The van der Waals surface area contributed by atoms with Gasteiger partial charge in [0, 0.05) is 12.0 Å². The monoisotopic (exact) mass is 293 g/mol. The average Bonchev–Trinajstić information content (AvgIpc) is 2.86. The van der Waals surface area contributed by atoms with Crippen LogP contribution in [0, 0.1) is 23.6 Å². The van der Waals surface area contributed by atoms with Crippen LogP contribution in [0.3, 0.4) is 0 Å². The van der Waals surface area contributed by atoms with Gasteiger partial charge in [0.2, 0.25) is 0 Å². The van der Waals surface area contributed by atoms with E-state index in [9.17, 15) is 4.39 Å². The van der Waals surface area contributed by atoms with Crippen LogP contribution < -0.4 is 5.32 Å². The molecule has 1 aromatic rings. The van der Waals surface area contributed by atoms with Crippen molar-refractivity contribution in [2.45, 2.75) is 33.2 Å². The first kappa shape index (κ1) is 14.6. The molecule has 1 aliphatic heterocycles. The molecule has 116 valence electrons. The van der Waals surface area contributed by atoms with Crippen LogP contribution in [-0.4, -0.2) is 29.5 Å². The third-order valence-corrected chi connectivity index (χ3v) is 4.80. The van der Waals surface area contributed by atoms with Crippen LogP contribution >= 0.6 is 0 Å². The van der Waals surface area contributed by atoms with Gasteiger partial charge < -0.3 is 10.1 Å². The molecule has 0 aromatic carbocycles. The minimum atomic E-state index is -0.313. The van der Waals surface area contributed by atoms with Gasteiger partial charge in [-0.15, -0.1) is 0 Å². The number of hydrogen-bond donors (Lipinski definition) is 1. The number of fused-ring (bicyclic) bond motifs is 2. The molecule has 3 atom stereocenters. The molecule has 1 N–H and O–H groups in total. The summed E-state index contributed by atoms with van der Waals surface area (Å²) in [7, 11) is 0. The minimum absolute atomic E-state index is 0.107. The normalized spacial score (nSPS) is 28.6. The van der Waals surface area contributed by atoms with Crippen LogP contribution in [-0.2, 0) is 4.74 Å². The lowest BCUT2D eigenvalue weighted by atomic mass is 9.62. The summed E-state index contributed by atoms with van der Waals surface area (Å²) in [4.78, 5) is 0. The van der Waals surface area contributed by atoms with E-state index in [1.54, 1.807) is 4.68 Å². The van der Waals surface area contributed by atoms with Gasteiger partial charge >= 0.3 is 0 Å². The van der Waals surface area contributed by atoms with E-state index >= 15 is 0 Å². The van der Waals surface area contributed by atoms with Crippen molar-refractivity contribution in [3.8, 4) is 0 Å². The van der Waals surface area contributed by atoms with E-state index in [0.717, 1.165) is 24.9 Å². The van der Waals surface area contributed by atoms with Crippen LogP contribution in [0.15, 0.2) is 12.3 Å². The van der Waals surface area contributed by atoms with Gasteiger partial charge in [0.05, 0.1) is 12.8 Å². The zero-order valence-corrected chi connectivity index (χ0v) is 13.0. The number of halogens is 1. The Kier molecular flexibility index (Phi) is 4.02. The Morgan fingerprint density at radius 2 is 2.24 bits per heavy atom. The Balaban J connectivity index is 1.70. The summed E-state index contributed by atoms with van der Waals surface area (Å²) in [6, 6.07) is 0.107.